The van der Waals surface area contributed by atoms with Crippen LogP contribution < -0.4 is 0 Å². The smallest absolute Gasteiger partial charge is 0.147 e. The highest BCUT2D eigenvalue weighted by Crippen LogP contribution is 2.42. The normalized spacial score (nSPS) is 10.9. The standard InChI is InChI=1S/C9H7BrOS2/c1-12-9-8(11)6-3-2-5(10)4-7(6)13-9/h2-4,11H,1H3. The summed E-state index contributed by atoms with van der Waals surface area (Å²) in [5.74, 6) is 0.417. The van der Waals surface area contributed by atoms with E-state index in [9.17, 15) is 5.11 Å². The lowest BCUT2D eigenvalue weighted by Crippen LogP contribution is -1.65. The van der Waals surface area contributed by atoms with Crippen molar-refractivity contribution in [1.82, 2.24) is 0 Å². The Morgan fingerprint density at radius 3 is 2.92 bits per heavy atom. The highest BCUT2D eigenvalue weighted by atomic mass is 79.9. The van der Waals surface area contributed by atoms with Crippen molar-refractivity contribution in [2.45, 2.75) is 4.21 Å². The van der Waals surface area contributed by atoms with Crippen LogP contribution >= 0.6 is 39.0 Å². The fourth-order valence-electron chi connectivity index (χ4n) is 1.17. The first kappa shape index (κ1) is 9.37. The molecule has 0 saturated carbocycles. The Hall–Kier alpha value is -0.190. The van der Waals surface area contributed by atoms with Crippen LogP contribution in [0.2, 0.25) is 0 Å². The highest BCUT2D eigenvalue weighted by Gasteiger charge is 2.09. The molecule has 0 atom stereocenters. The molecule has 0 amide bonds. The van der Waals surface area contributed by atoms with E-state index in [1.165, 1.54) is 0 Å². The van der Waals surface area contributed by atoms with E-state index in [4.69, 9.17) is 0 Å². The second kappa shape index (κ2) is 3.52. The second-order valence-corrected chi connectivity index (χ2v) is 5.63. The number of halogens is 1. The molecule has 0 spiro atoms. The minimum atomic E-state index is 0.417. The molecule has 0 saturated heterocycles. The monoisotopic (exact) mass is 274 g/mol. The number of rotatable bonds is 1. The van der Waals surface area contributed by atoms with Gasteiger partial charge < -0.3 is 5.11 Å². The van der Waals surface area contributed by atoms with Gasteiger partial charge in [0.25, 0.3) is 0 Å². The summed E-state index contributed by atoms with van der Waals surface area (Å²) in [4.78, 5) is 0. The predicted molar refractivity (Wildman–Crippen MR) is 63.0 cm³/mol. The van der Waals surface area contributed by atoms with Gasteiger partial charge in [-0.25, -0.2) is 0 Å². The predicted octanol–water partition coefficient (Wildman–Crippen LogP) is 4.09. The average molecular weight is 275 g/mol. The van der Waals surface area contributed by atoms with Crippen LogP contribution in [0.4, 0.5) is 0 Å². The molecule has 0 aliphatic rings. The van der Waals surface area contributed by atoms with Gasteiger partial charge in [-0.15, -0.1) is 23.1 Å². The molecule has 13 heavy (non-hydrogen) atoms. The van der Waals surface area contributed by atoms with Gasteiger partial charge in [-0.05, 0) is 24.5 Å². The van der Waals surface area contributed by atoms with Crippen molar-refractivity contribution in [3.8, 4) is 5.75 Å². The molecule has 1 aromatic carbocycles. The summed E-state index contributed by atoms with van der Waals surface area (Å²) in [5, 5.41) is 10.7. The van der Waals surface area contributed by atoms with Gasteiger partial charge in [0.15, 0.2) is 0 Å². The zero-order chi connectivity index (χ0) is 9.42. The van der Waals surface area contributed by atoms with Crippen molar-refractivity contribution in [2.75, 3.05) is 6.26 Å². The van der Waals surface area contributed by atoms with E-state index in [1.54, 1.807) is 23.1 Å². The van der Waals surface area contributed by atoms with Crippen LogP contribution in [0.5, 0.6) is 5.75 Å². The van der Waals surface area contributed by atoms with E-state index in [0.29, 0.717) is 5.75 Å². The second-order valence-electron chi connectivity index (χ2n) is 2.58. The van der Waals surface area contributed by atoms with Crippen LogP contribution in [-0.4, -0.2) is 11.4 Å². The van der Waals surface area contributed by atoms with Crippen molar-refractivity contribution < 1.29 is 5.11 Å². The third-order valence-corrected chi connectivity index (χ3v) is 4.52. The Morgan fingerprint density at radius 1 is 1.46 bits per heavy atom. The number of benzene rings is 1. The number of hydrogen-bond acceptors (Lipinski definition) is 3. The number of hydrogen-bond donors (Lipinski definition) is 1. The zero-order valence-electron chi connectivity index (χ0n) is 6.87. The highest BCUT2D eigenvalue weighted by molar-refractivity contribution is 9.10. The average Bonchev–Trinajstić information content (AvgIpc) is 2.42. The van der Waals surface area contributed by atoms with Crippen LogP contribution in [0.1, 0.15) is 0 Å². The molecule has 0 fully saturated rings. The van der Waals surface area contributed by atoms with E-state index in [1.807, 2.05) is 24.5 Å². The van der Waals surface area contributed by atoms with E-state index in [-0.39, 0.29) is 0 Å². The lowest BCUT2D eigenvalue weighted by molar-refractivity contribution is 0.473. The Balaban J connectivity index is 2.76. The summed E-state index contributed by atoms with van der Waals surface area (Å²) in [6.07, 6.45) is 1.97. The third-order valence-electron chi connectivity index (χ3n) is 1.78. The van der Waals surface area contributed by atoms with Gasteiger partial charge in [-0.2, -0.15) is 0 Å². The van der Waals surface area contributed by atoms with E-state index in [0.717, 1.165) is 18.8 Å². The molecule has 68 valence electrons. The molecule has 1 N–H and O–H groups in total. The molecule has 2 aromatic rings. The molecular formula is C9H7BrOS2. The van der Waals surface area contributed by atoms with Gasteiger partial charge in [0, 0.05) is 14.6 Å². The topological polar surface area (TPSA) is 20.2 Å². The number of aromatic hydroxyl groups is 1. The summed E-state index contributed by atoms with van der Waals surface area (Å²) < 4.78 is 3.15. The molecule has 1 heterocycles. The maximum atomic E-state index is 9.75. The molecule has 0 aliphatic carbocycles. The minimum absolute atomic E-state index is 0.417. The fourth-order valence-corrected chi connectivity index (χ4v) is 3.46. The van der Waals surface area contributed by atoms with E-state index >= 15 is 0 Å². The SMILES string of the molecule is CSc1sc2cc(Br)ccc2c1O. The Morgan fingerprint density at radius 2 is 2.23 bits per heavy atom. The Kier molecular flexibility index (Phi) is 2.53. The first-order chi connectivity index (χ1) is 6.22. The van der Waals surface area contributed by atoms with E-state index in [2.05, 4.69) is 15.9 Å². The summed E-state index contributed by atoms with van der Waals surface area (Å²) in [7, 11) is 0. The molecular weight excluding hydrogens is 268 g/mol. The Labute approximate surface area is 92.9 Å². The maximum absolute atomic E-state index is 9.75. The first-order valence-corrected chi connectivity index (χ1v) is 6.51. The number of thioether (sulfide) groups is 1. The fraction of sp³-hybridized carbons (Fsp3) is 0.111. The lowest BCUT2D eigenvalue weighted by Gasteiger charge is -1.91. The lowest BCUT2D eigenvalue weighted by atomic mass is 10.2. The van der Waals surface area contributed by atoms with Crippen LogP contribution in [0.3, 0.4) is 0 Å². The number of fused-ring (bicyclic) bond motifs is 1. The van der Waals surface area contributed by atoms with Crippen molar-refractivity contribution in [3.63, 3.8) is 0 Å². The number of thiophene rings is 1. The summed E-state index contributed by atoms with van der Waals surface area (Å²) in [6, 6.07) is 5.91. The van der Waals surface area contributed by atoms with Gasteiger partial charge in [0.1, 0.15) is 9.96 Å². The van der Waals surface area contributed by atoms with Crippen molar-refractivity contribution in [3.05, 3.63) is 22.7 Å². The summed E-state index contributed by atoms with van der Waals surface area (Å²) in [6.45, 7) is 0. The molecule has 2 rings (SSSR count). The van der Waals surface area contributed by atoms with Crippen molar-refractivity contribution >= 4 is 49.1 Å². The van der Waals surface area contributed by atoms with E-state index < -0.39 is 0 Å². The first-order valence-electron chi connectivity index (χ1n) is 3.67. The third kappa shape index (κ3) is 1.58. The van der Waals surface area contributed by atoms with Gasteiger partial charge in [-0.3, -0.25) is 0 Å². The van der Waals surface area contributed by atoms with Gasteiger partial charge in [-0.1, -0.05) is 15.9 Å². The maximum Gasteiger partial charge on any atom is 0.147 e. The minimum Gasteiger partial charge on any atom is -0.505 e. The van der Waals surface area contributed by atoms with Crippen LogP contribution in [0.15, 0.2) is 26.9 Å². The zero-order valence-corrected chi connectivity index (χ0v) is 10.1. The largest absolute Gasteiger partial charge is 0.505 e. The van der Waals surface area contributed by atoms with Gasteiger partial charge in [0.05, 0.1) is 0 Å². The Bertz CT molecular complexity index is 450. The molecule has 0 unspecified atom stereocenters. The molecule has 1 aromatic heterocycles. The molecule has 0 aliphatic heterocycles. The molecule has 1 nitrogen and oxygen atoms in total. The van der Waals surface area contributed by atoms with Gasteiger partial charge >= 0.3 is 0 Å². The summed E-state index contributed by atoms with van der Waals surface area (Å²) >= 11 is 6.61. The van der Waals surface area contributed by atoms with Gasteiger partial charge in [0.2, 0.25) is 0 Å². The quantitative estimate of drug-likeness (QED) is 0.791. The van der Waals surface area contributed by atoms with Crippen LogP contribution in [-0.2, 0) is 0 Å². The molecule has 0 radical (unpaired) electrons. The van der Waals surface area contributed by atoms with Crippen molar-refractivity contribution in [2.24, 2.45) is 0 Å². The molecule has 0 bridgehead atoms. The molecule has 4 heteroatoms. The van der Waals surface area contributed by atoms with Crippen LogP contribution in [0.25, 0.3) is 10.1 Å². The van der Waals surface area contributed by atoms with Crippen molar-refractivity contribution in [1.29, 1.82) is 0 Å². The summed E-state index contributed by atoms with van der Waals surface area (Å²) in [5.41, 5.74) is 0. The van der Waals surface area contributed by atoms with Crippen LogP contribution in [0, 0.1) is 0 Å².